The van der Waals surface area contributed by atoms with Crippen LogP contribution in [0.2, 0.25) is 0 Å². The van der Waals surface area contributed by atoms with Crippen molar-refractivity contribution in [3.63, 3.8) is 0 Å². The molecule has 0 unspecified atom stereocenters. The molecule has 6 heteroatoms. The van der Waals surface area contributed by atoms with Crippen LogP contribution in [0.5, 0.6) is 6.08 Å². The number of nitrogens with zero attached hydrogens (tertiary/aromatic N) is 2. The van der Waals surface area contributed by atoms with Crippen LogP contribution in [0.15, 0.2) is 34.7 Å². The van der Waals surface area contributed by atoms with Gasteiger partial charge >= 0.3 is 6.08 Å². The molecule has 1 heterocycles. The zero-order valence-corrected chi connectivity index (χ0v) is 13.0. The molecule has 0 bridgehead atoms. The van der Waals surface area contributed by atoms with Crippen LogP contribution in [-0.2, 0) is 4.79 Å². The van der Waals surface area contributed by atoms with Gasteiger partial charge in [0.05, 0.1) is 0 Å². The maximum Gasteiger partial charge on any atom is 0.415 e. The fourth-order valence-electron chi connectivity index (χ4n) is 2.79. The zero-order chi connectivity index (χ0) is 15.9. The molecule has 1 aromatic carbocycles. The van der Waals surface area contributed by atoms with Crippen molar-refractivity contribution in [2.24, 2.45) is 0 Å². The molecule has 0 atom stereocenters. The van der Waals surface area contributed by atoms with Crippen molar-refractivity contribution in [1.82, 2.24) is 15.5 Å². The molecule has 0 radical (unpaired) electrons. The van der Waals surface area contributed by atoms with Crippen molar-refractivity contribution in [3.05, 3.63) is 30.3 Å². The van der Waals surface area contributed by atoms with E-state index in [1.54, 1.807) is 0 Å². The Hall–Kier alpha value is -2.37. The van der Waals surface area contributed by atoms with Gasteiger partial charge in [0.2, 0.25) is 0 Å². The number of carbonyl (C=O) groups is 1. The summed E-state index contributed by atoms with van der Waals surface area (Å²) in [6.07, 6.45) is 6.97. The summed E-state index contributed by atoms with van der Waals surface area (Å²) in [5.41, 5.74) is 0.817. The zero-order valence-electron chi connectivity index (χ0n) is 13.0. The first-order valence-electron chi connectivity index (χ1n) is 8.12. The molecule has 1 aromatic heterocycles. The largest absolute Gasteiger partial charge is 0.439 e. The van der Waals surface area contributed by atoms with Crippen LogP contribution in [0.3, 0.4) is 0 Å². The van der Waals surface area contributed by atoms with Crippen molar-refractivity contribution in [2.45, 2.75) is 44.6 Å². The lowest BCUT2D eigenvalue weighted by Crippen LogP contribution is -2.37. The fourth-order valence-corrected chi connectivity index (χ4v) is 2.79. The number of rotatable bonds is 5. The highest BCUT2D eigenvalue weighted by Gasteiger charge is 2.16. The normalized spacial score (nSPS) is 15.8. The third kappa shape index (κ3) is 4.55. The van der Waals surface area contributed by atoms with Gasteiger partial charge in [-0.05, 0) is 25.0 Å². The Morgan fingerprint density at radius 3 is 2.61 bits per heavy atom. The smallest absolute Gasteiger partial charge is 0.415 e. The molecule has 1 N–H and O–H groups in total. The number of benzene rings is 1. The molecule has 2 aromatic rings. The van der Waals surface area contributed by atoms with Crippen molar-refractivity contribution in [1.29, 1.82) is 0 Å². The molecule has 1 fully saturated rings. The Balaban J connectivity index is 1.48. The molecular formula is C17H21N3O3. The Morgan fingerprint density at radius 1 is 1.13 bits per heavy atom. The first kappa shape index (κ1) is 15.5. The summed E-state index contributed by atoms with van der Waals surface area (Å²) in [6, 6.07) is 9.69. The van der Waals surface area contributed by atoms with Gasteiger partial charge < -0.3 is 14.5 Å². The van der Waals surface area contributed by atoms with Gasteiger partial charge in [0.1, 0.15) is 0 Å². The molecule has 1 aliphatic rings. The predicted octanol–water partition coefficient (Wildman–Crippen LogP) is 2.95. The average molecular weight is 315 g/mol. The van der Waals surface area contributed by atoms with Crippen molar-refractivity contribution >= 4 is 5.91 Å². The number of carbonyl (C=O) groups excluding carboxylic acids is 1. The lowest BCUT2D eigenvalue weighted by molar-refractivity contribution is -0.124. The molecule has 0 spiro atoms. The van der Waals surface area contributed by atoms with Gasteiger partial charge in [0, 0.05) is 11.6 Å². The van der Waals surface area contributed by atoms with E-state index in [0.29, 0.717) is 5.89 Å². The van der Waals surface area contributed by atoms with Crippen molar-refractivity contribution in [2.75, 3.05) is 6.61 Å². The van der Waals surface area contributed by atoms with Gasteiger partial charge in [0.25, 0.3) is 11.8 Å². The Bertz CT molecular complexity index is 619. The summed E-state index contributed by atoms with van der Waals surface area (Å²) in [6.45, 7) is -0.104. The van der Waals surface area contributed by atoms with E-state index < -0.39 is 0 Å². The van der Waals surface area contributed by atoms with E-state index in [1.165, 1.54) is 25.7 Å². The van der Waals surface area contributed by atoms with Crippen LogP contribution in [0.25, 0.3) is 11.5 Å². The van der Waals surface area contributed by atoms with E-state index in [-0.39, 0.29) is 24.6 Å². The van der Waals surface area contributed by atoms with E-state index >= 15 is 0 Å². The summed E-state index contributed by atoms with van der Waals surface area (Å²) in [5.74, 6) is 0.237. The van der Waals surface area contributed by atoms with E-state index in [1.807, 2.05) is 30.3 Å². The number of hydrogen-bond donors (Lipinski definition) is 1. The number of ether oxygens (including phenoxy) is 1. The molecule has 122 valence electrons. The second-order valence-electron chi connectivity index (χ2n) is 5.78. The van der Waals surface area contributed by atoms with Gasteiger partial charge in [-0.2, -0.15) is 0 Å². The Labute approximate surface area is 135 Å². The molecule has 3 rings (SSSR count). The van der Waals surface area contributed by atoms with Gasteiger partial charge in [-0.15, -0.1) is 5.10 Å². The third-order valence-electron chi connectivity index (χ3n) is 3.97. The maximum absolute atomic E-state index is 11.9. The lowest BCUT2D eigenvalue weighted by Gasteiger charge is -2.15. The van der Waals surface area contributed by atoms with Crippen molar-refractivity contribution < 1.29 is 13.9 Å². The first-order chi connectivity index (χ1) is 11.3. The number of amides is 1. The summed E-state index contributed by atoms with van der Waals surface area (Å²) >= 11 is 0. The monoisotopic (exact) mass is 315 g/mol. The van der Waals surface area contributed by atoms with Gasteiger partial charge in [-0.25, -0.2) is 0 Å². The maximum atomic E-state index is 11.9. The SMILES string of the molecule is O=C(COc1nnc(-c2ccccc2)o1)NC1CCCCCC1. The lowest BCUT2D eigenvalue weighted by atomic mass is 10.1. The number of nitrogens with one attached hydrogen (secondary N) is 1. The molecule has 6 nitrogen and oxygen atoms in total. The van der Waals surface area contributed by atoms with Gasteiger partial charge in [-0.3, -0.25) is 4.79 Å². The van der Waals surface area contributed by atoms with Crippen LogP contribution in [-0.4, -0.2) is 28.8 Å². The van der Waals surface area contributed by atoms with Gasteiger partial charge in [0.15, 0.2) is 6.61 Å². The minimum Gasteiger partial charge on any atom is -0.439 e. The van der Waals surface area contributed by atoms with Gasteiger partial charge in [-0.1, -0.05) is 49.0 Å². The highest BCUT2D eigenvalue weighted by molar-refractivity contribution is 5.77. The third-order valence-corrected chi connectivity index (χ3v) is 3.97. The second kappa shape index (κ2) is 7.76. The minimum atomic E-state index is -0.142. The van der Waals surface area contributed by atoms with Crippen LogP contribution in [0.1, 0.15) is 38.5 Å². The van der Waals surface area contributed by atoms with Crippen LogP contribution in [0.4, 0.5) is 0 Å². The van der Waals surface area contributed by atoms with Crippen LogP contribution in [0, 0.1) is 0 Å². The molecule has 1 aliphatic carbocycles. The van der Waals surface area contributed by atoms with Crippen LogP contribution >= 0.6 is 0 Å². The standard InChI is InChI=1S/C17H21N3O3/c21-15(18-14-10-6-1-2-7-11-14)12-22-17-20-19-16(23-17)13-8-4-3-5-9-13/h3-5,8-9,14H,1-2,6-7,10-12H2,(H,18,21). The van der Waals surface area contributed by atoms with Crippen LogP contribution < -0.4 is 10.1 Å². The van der Waals surface area contributed by atoms with Crippen molar-refractivity contribution in [3.8, 4) is 17.5 Å². The molecule has 0 saturated heterocycles. The Kier molecular flexibility index (Phi) is 5.24. The summed E-state index contributed by atoms with van der Waals surface area (Å²) in [7, 11) is 0. The molecular weight excluding hydrogens is 294 g/mol. The number of aromatic nitrogens is 2. The molecule has 0 aliphatic heterocycles. The van der Waals surface area contributed by atoms with E-state index in [0.717, 1.165) is 18.4 Å². The first-order valence-corrected chi connectivity index (χ1v) is 8.12. The molecule has 23 heavy (non-hydrogen) atoms. The van der Waals surface area contributed by atoms with E-state index in [4.69, 9.17) is 9.15 Å². The fraction of sp³-hybridized carbons (Fsp3) is 0.471. The van der Waals surface area contributed by atoms with E-state index in [9.17, 15) is 4.79 Å². The predicted molar refractivity (Wildman–Crippen MR) is 84.9 cm³/mol. The summed E-state index contributed by atoms with van der Waals surface area (Å²) in [5, 5.41) is 10.7. The summed E-state index contributed by atoms with van der Waals surface area (Å²) < 4.78 is 10.7. The topological polar surface area (TPSA) is 77.2 Å². The second-order valence-corrected chi connectivity index (χ2v) is 5.78. The quantitative estimate of drug-likeness (QED) is 0.858. The Morgan fingerprint density at radius 2 is 1.87 bits per heavy atom. The average Bonchev–Trinajstić information content (AvgIpc) is 2.91. The van der Waals surface area contributed by atoms with E-state index in [2.05, 4.69) is 15.5 Å². The summed E-state index contributed by atoms with van der Waals surface area (Å²) in [4.78, 5) is 11.9. The highest BCUT2D eigenvalue weighted by Crippen LogP contribution is 2.20. The highest BCUT2D eigenvalue weighted by atomic mass is 16.6. The molecule has 1 amide bonds. The number of hydrogen-bond acceptors (Lipinski definition) is 5. The molecule has 1 saturated carbocycles. The minimum absolute atomic E-state index is 0.0138.